The topological polar surface area (TPSA) is 65.0 Å². The molecule has 1 aromatic rings. The van der Waals surface area contributed by atoms with Gasteiger partial charge in [0.15, 0.2) is 0 Å². The molecular formula is C14H23O5P. The highest BCUT2D eigenvalue weighted by Crippen LogP contribution is 2.49. The highest BCUT2D eigenvalue weighted by Gasteiger charge is 2.30. The first-order valence-electron chi connectivity index (χ1n) is 6.68. The van der Waals surface area contributed by atoms with Crippen molar-refractivity contribution in [2.75, 3.05) is 13.2 Å². The van der Waals surface area contributed by atoms with Crippen LogP contribution in [0.1, 0.15) is 27.7 Å². The summed E-state index contributed by atoms with van der Waals surface area (Å²) in [7, 11) is -3.39. The molecule has 0 aromatic heterocycles. The predicted molar refractivity (Wildman–Crippen MR) is 78.7 cm³/mol. The van der Waals surface area contributed by atoms with E-state index in [4.69, 9.17) is 18.9 Å². The number of hydrogen-bond acceptors (Lipinski definition) is 5. The van der Waals surface area contributed by atoms with Crippen LogP contribution in [0.25, 0.3) is 0 Å². The highest BCUT2D eigenvalue weighted by molar-refractivity contribution is 7.62. The summed E-state index contributed by atoms with van der Waals surface area (Å²) in [6, 6.07) is 6.77. The van der Waals surface area contributed by atoms with Crippen LogP contribution in [0.15, 0.2) is 24.3 Å². The molecule has 0 radical (unpaired) electrons. The Morgan fingerprint density at radius 3 is 2.25 bits per heavy atom. The first kappa shape index (κ1) is 17.2. The first-order valence-corrected chi connectivity index (χ1v) is 8.23. The summed E-state index contributed by atoms with van der Waals surface area (Å²) in [6.45, 7) is 7.34. The fourth-order valence-corrected chi connectivity index (χ4v) is 3.57. The van der Waals surface area contributed by atoms with Crippen LogP contribution in [-0.4, -0.2) is 30.5 Å². The van der Waals surface area contributed by atoms with E-state index in [1.165, 1.54) is 0 Å². The third-order valence-electron chi connectivity index (χ3n) is 2.19. The van der Waals surface area contributed by atoms with E-state index in [1.54, 1.807) is 24.3 Å². The fraction of sp³-hybridized carbons (Fsp3) is 0.571. The molecular weight excluding hydrogens is 279 g/mol. The Morgan fingerprint density at radius 1 is 1.15 bits per heavy atom. The summed E-state index contributed by atoms with van der Waals surface area (Å²) < 4.78 is 29.3. The van der Waals surface area contributed by atoms with Gasteiger partial charge in [0.05, 0.1) is 24.1 Å². The van der Waals surface area contributed by atoms with Crippen LogP contribution in [0.3, 0.4) is 0 Å². The second kappa shape index (κ2) is 7.79. The third-order valence-corrected chi connectivity index (χ3v) is 4.50. The van der Waals surface area contributed by atoms with Crippen LogP contribution < -0.4 is 10.0 Å². The molecule has 0 aliphatic heterocycles. The van der Waals surface area contributed by atoms with Crippen LogP contribution in [0, 0.1) is 0 Å². The molecule has 1 N–H and O–H groups in total. The van der Waals surface area contributed by atoms with Gasteiger partial charge in [-0.3, -0.25) is 4.57 Å². The molecule has 0 fully saturated rings. The molecule has 0 unspecified atom stereocenters. The van der Waals surface area contributed by atoms with Crippen LogP contribution in [0.4, 0.5) is 0 Å². The lowest BCUT2D eigenvalue weighted by Crippen LogP contribution is -2.17. The molecule has 114 valence electrons. The van der Waals surface area contributed by atoms with E-state index in [0.717, 1.165) is 0 Å². The van der Waals surface area contributed by atoms with Crippen molar-refractivity contribution in [3.63, 3.8) is 0 Å². The van der Waals surface area contributed by atoms with Gasteiger partial charge in [0.2, 0.25) is 0 Å². The molecule has 20 heavy (non-hydrogen) atoms. The number of ether oxygens (including phenoxy) is 1. The monoisotopic (exact) mass is 302 g/mol. The number of aliphatic hydroxyl groups is 1. The van der Waals surface area contributed by atoms with Crippen LogP contribution in [0.5, 0.6) is 5.75 Å². The summed E-state index contributed by atoms with van der Waals surface area (Å²) in [4.78, 5) is 0. The van der Waals surface area contributed by atoms with Crippen molar-refractivity contribution in [3.05, 3.63) is 24.3 Å². The van der Waals surface area contributed by atoms with E-state index >= 15 is 0 Å². The van der Waals surface area contributed by atoms with E-state index in [1.807, 2.05) is 27.7 Å². The second-order valence-corrected chi connectivity index (χ2v) is 6.81. The van der Waals surface area contributed by atoms with Gasteiger partial charge in [0.1, 0.15) is 12.4 Å². The van der Waals surface area contributed by atoms with Gasteiger partial charge in [-0.25, -0.2) is 0 Å². The van der Waals surface area contributed by atoms with Gasteiger partial charge in [-0.1, -0.05) is 6.07 Å². The maximum absolute atomic E-state index is 12.9. The van der Waals surface area contributed by atoms with Crippen LogP contribution in [-0.2, 0) is 13.6 Å². The van der Waals surface area contributed by atoms with Crippen molar-refractivity contribution in [3.8, 4) is 5.75 Å². The molecule has 0 aliphatic rings. The van der Waals surface area contributed by atoms with Gasteiger partial charge in [-0.2, -0.15) is 0 Å². The lowest BCUT2D eigenvalue weighted by molar-refractivity contribution is 0.150. The Bertz CT molecular complexity index is 445. The van der Waals surface area contributed by atoms with Crippen LogP contribution >= 0.6 is 7.60 Å². The minimum Gasteiger partial charge on any atom is -0.491 e. The van der Waals surface area contributed by atoms with E-state index in [9.17, 15) is 4.57 Å². The van der Waals surface area contributed by atoms with Crippen molar-refractivity contribution in [1.82, 2.24) is 0 Å². The molecule has 5 nitrogen and oxygen atoms in total. The van der Waals surface area contributed by atoms with Crippen LogP contribution in [0.2, 0.25) is 0 Å². The Balaban J connectivity index is 3.04. The van der Waals surface area contributed by atoms with Crippen molar-refractivity contribution in [2.45, 2.75) is 39.9 Å². The molecule has 1 aromatic carbocycles. The van der Waals surface area contributed by atoms with Gasteiger partial charge >= 0.3 is 7.60 Å². The van der Waals surface area contributed by atoms with Gasteiger partial charge in [-0.05, 0) is 45.9 Å². The SMILES string of the molecule is CC(C)OP(=O)(OC(C)C)c1cccc(OCCO)c1. The van der Waals surface area contributed by atoms with E-state index in [0.29, 0.717) is 11.1 Å². The normalized spacial score (nSPS) is 12.2. The Morgan fingerprint density at radius 2 is 1.75 bits per heavy atom. The predicted octanol–water partition coefficient (Wildman–Crippen LogP) is 2.73. The van der Waals surface area contributed by atoms with Gasteiger partial charge in [0, 0.05) is 0 Å². The summed E-state index contributed by atoms with van der Waals surface area (Å²) in [5.74, 6) is 0.525. The number of benzene rings is 1. The van der Waals surface area contributed by atoms with Crippen molar-refractivity contribution in [1.29, 1.82) is 0 Å². The lowest BCUT2D eigenvalue weighted by Gasteiger charge is -2.23. The smallest absolute Gasteiger partial charge is 0.361 e. The largest absolute Gasteiger partial charge is 0.491 e. The number of rotatable bonds is 8. The zero-order valence-corrected chi connectivity index (χ0v) is 13.3. The Kier molecular flexibility index (Phi) is 6.69. The van der Waals surface area contributed by atoms with Crippen molar-refractivity contribution >= 4 is 12.9 Å². The van der Waals surface area contributed by atoms with Gasteiger partial charge in [-0.15, -0.1) is 0 Å². The molecule has 0 aliphatic carbocycles. The standard InChI is InChI=1S/C14H23O5P/c1-11(2)18-20(16,19-12(3)4)14-7-5-6-13(10-14)17-9-8-15/h5-7,10-12,15H,8-9H2,1-4H3. The fourth-order valence-electron chi connectivity index (χ4n) is 1.61. The van der Waals surface area contributed by atoms with Gasteiger partial charge in [0.25, 0.3) is 0 Å². The first-order chi connectivity index (χ1) is 9.37. The molecule has 1 rings (SSSR count). The minimum absolute atomic E-state index is 0.0765. The molecule has 0 spiro atoms. The Labute approximate surface area is 120 Å². The van der Waals surface area contributed by atoms with Crippen molar-refractivity contribution < 1.29 is 23.5 Å². The average Bonchev–Trinajstić information content (AvgIpc) is 2.34. The van der Waals surface area contributed by atoms with E-state index in [2.05, 4.69) is 0 Å². The number of aliphatic hydroxyl groups excluding tert-OH is 1. The molecule has 0 amide bonds. The third kappa shape index (κ3) is 5.25. The molecule has 0 saturated carbocycles. The van der Waals surface area contributed by atoms with E-state index in [-0.39, 0.29) is 25.4 Å². The average molecular weight is 302 g/mol. The second-order valence-electron chi connectivity index (χ2n) is 4.88. The minimum atomic E-state index is -3.39. The van der Waals surface area contributed by atoms with E-state index < -0.39 is 7.60 Å². The quantitative estimate of drug-likeness (QED) is 0.748. The lowest BCUT2D eigenvalue weighted by atomic mass is 10.3. The summed E-state index contributed by atoms with van der Waals surface area (Å²) in [6.07, 6.45) is -0.441. The highest BCUT2D eigenvalue weighted by atomic mass is 31.2. The Hall–Kier alpha value is -0.870. The zero-order valence-electron chi connectivity index (χ0n) is 12.4. The summed E-state index contributed by atoms with van der Waals surface area (Å²) in [5, 5.41) is 9.22. The molecule has 0 saturated heterocycles. The molecule has 0 atom stereocenters. The number of hydrogen-bond donors (Lipinski definition) is 1. The maximum atomic E-state index is 12.9. The summed E-state index contributed by atoms with van der Waals surface area (Å²) >= 11 is 0. The summed E-state index contributed by atoms with van der Waals surface area (Å²) in [5.41, 5.74) is 0. The molecule has 6 heteroatoms. The molecule has 0 heterocycles. The van der Waals surface area contributed by atoms with Crippen molar-refractivity contribution in [2.24, 2.45) is 0 Å². The van der Waals surface area contributed by atoms with Gasteiger partial charge < -0.3 is 18.9 Å². The molecule has 0 bridgehead atoms. The maximum Gasteiger partial charge on any atom is 0.361 e. The zero-order chi connectivity index (χ0) is 15.2.